The number of ether oxygens (including phenoxy) is 2. The Kier molecular flexibility index (Phi) is 6.42. The molecule has 1 aliphatic carbocycles. The molecule has 0 spiro atoms. The van der Waals surface area contributed by atoms with Crippen molar-refractivity contribution >= 4 is 11.3 Å². The van der Waals surface area contributed by atoms with Gasteiger partial charge in [-0.05, 0) is 25.7 Å². The van der Waals surface area contributed by atoms with Crippen LogP contribution < -0.4 is 5.32 Å². The van der Waals surface area contributed by atoms with Gasteiger partial charge in [-0.25, -0.2) is 4.98 Å². The Morgan fingerprint density at radius 3 is 2.95 bits per heavy atom. The zero-order chi connectivity index (χ0) is 14.4. The highest BCUT2D eigenvalue weighted by molar-refractivity contribution is 7.09. The number of hydrogen-bond acceptors (Lipinski definition) is 5. The van der Waals surface area contributed by atoms with Crippen LogP contribution in [-0.4, -0.2) is 30.3 Å². The molecule has 20 heavy (non-hydrogen) atoms. The van der Waals surface area contributed by atoms with Crippen LogP contribution in [-0.2, 0) is 22.6 Å². The molecule has 0 amide bonds. The van der Waals surface area contributed by atoms with Gasteiger partial charge in [0.15, 0.2) is 0 Å². The third-order valence-electron chi connectivity index (χ3n) is 3.64. The second-order valence-corrected chi connectivity index (χ2v) is 6.67. The molecule has 1 saturated carbocycles. The number of nitrogens with one attached hydrogen (secondary N) is 1. The SMILES string of the molecule is COC1CCCC(OCc2csc(CNC(C)C)n2)C1. The van der Waals surface area contributed by atoms with Crippen LogP contribution in [0.25, 0.3) is 0 Å². The summed E-state index contributed by atoms with van der Waals surface area (Å²) in [4.78, 5) is 4.61. The summed E-state index contributed by atoms with van der Waals surface area (Å²) in [6.45, 7) is 5.76. The number of hydrogen-bond donors (Lipinski definition) is 1. The van der Waals surface area contributed by atoms with Gasteiger partial charge in [0.05, 0.1) is 24.5 Å². The Hall–Kier alpha value is -0.490. The molecule has 0 saturated heterocycles. The first-order chi connectivity index (χ1) is 9.67. The lowest BCUT2D eigenvalue weighted by Gasteiger charge is -2.27. The van der Waals surface area contributed by atoms with E-state index in [1.54, 1.807) is 18.4 Å². The van der Waals surface area contributed by atoms with Gasteiger partial charge in [0.1, 0.15) is 5.01 Å². The molecular formula is C15H26N2O2S. The highest BCUT2D eigenvalue weighted by Gasteiger charge is 2.22. The summed E-state index contributed by atoms with van der Waals surface area (Å²) in [7, 11) is 1.79. The van der Waals surface area contributed by atoms with Gasteiger partial charge >= 0.3 is 0 Å². The van der Waals surface area contributed by atoms with Crippen LogP contribution in [0, 0.1) is 0 Å². The summed E-state index contributed by atoms with van der Waals surface area (Å²) in [5.41, 5.74) is 1.05. The number of methoxy groups -OCH3 is 1. The summed E-state index contributed by atoms with van der Waals surface area (Å²) < 4.78 is 11.4. The van der Waals surface area contributed by atoms with Crippen molar-refractivity contribution in [1.82, 2.24) is 10.3 Å². The van der Waals surface area contributed by atoms with Crippen molar-refractivity contribution in [1.29, 1.82) is 0 Å². The zero-order valence-electron chi connectivity index (χ0n) is 12.7. The second kappa shape index (κ2) is 8.08. The van der Waals surface area contributed by atoms with Crippen molar-refractivity contribution in [2.45, 2.75) is 70.9 Å². The summed E-state index contributed by atoms with van der Waals surface area (Å²) in [6.07, 6.45) is 5.22. The van der Waals surface area contributed by atoms with Crippen molar-refractivity contribution in [2.75, 3.05) is 7.11 Å². The second-order valence-electron chi connectivity index (χ2n) is 5.73. The number of rotatable bonds is 7. The average Bonchev–Trinajstić information content (AvgIpc) is 2.91. The van der Waals surface area contributed by atoms with E-state index < -0.39 is 0 Å². The van der Waals surface area contributed by atoms with Crippen molar-refractivity contribution < 1.29 is 9.47 Å². The standard InChI is InChI=1S/C15H26N2O2S/c1-11(2)16-8-15-17-12(10-20-15)9-19-14-6-4-5-13(7-14)18-3/h10-11,13-14,16H,4-9H2,1-3H3. The lowest BCUT2D eigenvalue weighted by molar-refractivity contribution is -0.0371. The molecule has 5 heteroatoms. The number of nitrogens with zero attached hydrogens (tertiary/aromatic N) is 1. The smallest absolute Gasteiger partial charge is 0.107 e. The molecule has 4 nitrogen and oxygen atoms in total. The van der Waals surface area contributed by atoms with Gasteiger partial charge in [0.2, 0.25) is 0 Å². The van der Waals surface area contributed by atoms with Crippen LogP contribution in [0.4, 0.5) is 0 Å². The molecule has 2 unspecified atom stereocenters. The predicted octanol–water partition coefficient (Wildman–Crippen LogP) is 3.12. The Morgan fingerprint density at radius 1 is 1.40 bits per heavy atom. The molecule has 114 valence electrons. The fourth-order valence-corrected chi connectivity index (χ4v) is 3.19. The first kappa shape index (κ1) is 15.9. The van der Waals surface area contributed by atoms with E-state index >= 15 is 0 Å². The van der Waals surface area contributed by atoms with Crippen molar-refractivity contribution in [2.24, 2.45) is 0 Å². The van der Waals surface area contributed by atoms with E-state index in [1.165, 1.54) is 6.42 Å². The van der Waals surface area contributed by atoms with E-state index in [4.69, 9.17) is 9.47 Å². The largest absolute Gasteiger partial charge is 0.381 e. The monoisotopic (exact) mass is 298 g/mol. The number of thiazole rings is 1. The minimum atomic E-state index is 0.327. The quantitative estimate of drug-likeness (QED) is 0.840. The zero-order valence-corrected chi connectivity index (χ0v) is 13.5. The van der Waals surface area contributed by atoms with Gasteiger partial charge in [-0.15, -0.1) is 11.3 Å². The highest BCUT2D eigenvalue weighted by Crippen LogP contribution is 2.24. The normalized spacial score (nSPS) is 23.4. The number of aromatic nitrogens is 1. The summed E-state index contributed by atoms with van der Waals surface area (Å²) in [5.74, 6) is 0. The summed E-state index contributed by atoms with van der Waals surface area (Å²) >= 11 is 1.70. The molecular weight excluding hydrogens is 272 g/mol. The molecule has 0 bridgehead atoms. The minimum Gasteiger partial charge on any atom is -0.381 e. The van der Waals surface area contributed by atoms with E-state index in [1.807, 2.05) is 0 Å². The molecule has 2 atom stereocenters. The lowest BCUT2D eigenvalue weighted by atomic mass is 9.95. The molecule has 0 radical (unpaired) electrons. The molecule has 1 aromatic heterocycles. The fraction of sp³-hybridized carbons (Fsp3) is 0.800. The lowest BCUT2D eigenvalue weighted by Crippen LogP contribution is -2.27. The van der Waals surface area contributed by atoms with Gasteiger partial charge in [0, 0.05) is 25.1 Å². The molecule has 1 heterocycles. The third kappa shape index (κ3) is 5.13. The first-order valence-electron chi connectivity index (χ1n) is 7.48. The molecule has 0 aromatic carbocycles. The van der Waals surface area contributed by atoms with Gasteiger partial charge in [0.25, 0.3) is 0 Å². The fourth-order valence-electron chi connectivity index (χ4n) is 2.46. The van der Waals surface area contributed by atoms with Crippen LogP contribution in [0.3, 0.4) is 0 Å². The van der Waals surface area contributed by atoms with Gasteiger partial charge in [-0.3, -0.25) is 0 Å². The highest BCUT2D eigenvalue weighted by atomic mass is 32.1. The maximum atomic E-state index is 5.98. The Morgan fingerprint density at radius 2 is 2.20 bits per heavy atom. The van der Waals surface area contributed by atoms with E-state index in [2.05, 4.69) is 29.5 Å². The van der Waals surface area contributed by atoms with E-state index in [-0.39, 0.29) is 0 Å². The predicted molar refractivity (Wildman–Crippen MR) is 81.9 cm³/mol. The van der Waals surface area contributed by atoms with Crippen LogP contribution in [0.5, 0.6) is 0 Å². The minimum absolute atomic E-state index is 0.327. The molecule has 1 aliphatic rings. The van der Waals surface area contributed by atoms with Crippen LogP contribution in [0.15, 0.2) is 5.38 Å². The average molecular weight is 298 g/mol. The van der Waals surface area contributed by atoms with Crippen LogP contribution in [0.2, 0.25) is 0 Å². The van der Waals surface area contributed by atoms with Crippen LogP contribution >= 0.6 is 11.3 Å². The maximum Gasteiger partial charge on any atom is 0.107 e. The molecule has 1 fully saturated rings. The van der Waals surface area contributed by atoms with Crippen molar-refractivity contribution in [3.05, 3.63) is 16.1 Å². The molecule has 2 rings (SSSR count). The summed E-state index contributed by atoms with van der Waals surface area (Å²) in [5, 5.41) is 6.62. The Labute approximate surface area is 125 Å². The topological polar surface area (TPSA) is 43.4 Å². The first-order valence-corrected chi connectivity index (χ1v) is 8.36. The van der Waals surface area contributed by atoms with Crippen molar-refractivity contribution in [3.8, 4) is 0 Å². The molecule has 1 aromatic rings. The van der Waals surface area contributed by atoms with Gasteiger partial charge in [-0.1, -0.05) is 13.8 Å². The van der Waals surface area contributed by atoms with Crippen molar-refractivity contribution in [3.63, 3.8) is 0 Å². The third-order valence-corrected chi connectivity index (χ3v) is 4.54. The van der Waals surface area contributed by atoms with Gasteiger partial charge < -0.3 is 14.8 Å². The summed E-state index contributed by atoms with van der Waals surface area (Å²) in [6, 6.07) is 0.492. The van der Waals surface area contributed by atoms with Crippen LogP contribution in [0.1, 0.15) is 50.2 Å². The molecule has 1 N–H and O–H groups in total. The van der Waals surface area contributed by atoms with E-state index in [9.17, 15) is 0 Å². The Balaban J connectivity index is 1.73. The maximum absolute atomic E-state index is 5.98. The van der Waals surface area contributed by atoms with E-state index in [0.717, 1.165) is 36.5 Å². The van der Waals surface area contributed by atoms with E-state index in [0.29, 0.717) is 24.9 Å². The molecule has 0 aliphatic heterocycles. The van der Waals surface area contributed by atoms with Gasteiger partial charge in [-0.2, -0.15) is 0 Å². The Bertz CT molecular complexity index is 395.